The molecule has 1 amide bonds. The number of aromatic nitrogens is 3. The highest BCUT2D eigenvalue weighted by molar-refractivity contribution is 5.94. The number of nitrogens with one attached hydrogen (secondary N) is 2. The van der Waals surface area contributed by atoms with Gasteiger partial charge in [-0.05, 0) is 43.2 Å². The van der Waals surface area contributed by atoms with Crippen LogP contribution in [-0.2, 0) is 0 Å². The highest BCUT2D eigenvalue weighted by atomic mass is 19.2. The van der Waals surface area contributed by atoms with Crippen LogP contribution in [0.3, 0.4) is 0 Å². The van der Waals surface area contributed by atoms with Gasteiger partial charge in [-0.3, -0.25) is 14.9 Å². The average molecular weight is 383 g/mol. The van der Waals surface area contributed by atoms with Gasteiger partial charge in [-0.1, -0.05) is 0 Å². The summed E-state index contributed by atoms with van der Waals surface area (Å²) in [5, 5.41) is 10.3. The number of carbonyl (C=O) groups is 1. The Morgan fingerprint density at radius 1 is 1.14 bits per heavy atom. The molecule has 6 nitrogen and oxygen atoms in total. The van der Waals surface area contributed by atoms with Crippen LogP contribution in [0.25, 0.3) is 11.3 Å². The number of H-pyrrole nitrogens is 1. The summed E-state index contributed by atoms with van der Waals surface area (Å²) in [6.07, 6.45) is 5.15. The van der Waals surface area contributed by atoms with Gasteiger partial charge in [-0.2, -0.15) is 5.10 Å². The maximum Gasteiger partial charge on any atom is 0.251 e. The lowest BCUT2D eigenvalue weighted by molar-refractivity contribution is 0.0932. The van der Waals surface area contributed by atoms with E-state index in [9.17, 15) is 13.6 Å². The Kier molecular flexibility index (Phi) is 5.01. The Morgan fingerprint density at radius 3 is 2.75 bits per heavy atom. The molecule has 0 spiro atoms. The molecule has 4 rings (SSSR count). The van der Waals surface area contributed by atoms with Gasteiger partial charge in [-0.15, -0.1) is 0 Å². The van der Waals surface area contributed by atoms with Crippen LogP contribution in [0.2, 0.25) is 0 Å². The van der Waals surface area contributed by atoms with Crippen LogP contribution < -0.4 is 10.2 Å². The number of amides is 1. The lowest BCUT2D eigenvalue weighted by Gasteiger charge is -2.33. The van der Waals surface area contributed by atoms with E-state index in [1.807, 2.05) is 18.2 Å². The van der Waals surface area contributed by atoms with Crippen LogP contribution in [0.1, 0.15) is 23.2 Å². The minimum Gasteiger partial charge on any atom is -0.353 e. The Balaban J connectivity index is 1.42. The molecule has 1 aliphatic rings. The number of piperidine rings is 1. The number of anilines is 1. The first-order valence-corrected chi connectivity index (χ1v) is 9.07. The van der Waals surface area contributed by atoms with E-state index >= 15 is 0 Å². The lowest BCUT2D eigenvalue weighted by atomic mass is 10.0. The largest absolute Gasteiger partial charge is 0.353 e. The molecule has 144 valence electrons. The van der Waals surface area contributed by atoms with Crippen LogP contribution in [-0.4, -0.2) is 40.2 Å². The third-order valence-corrected chi connectivity index (χ3v) is 4.82. The summed E-state index contributed by atoms with van der Waals surface area (Å²) in [4.78, 5) is 18.5. The highest BCUT2D eigenvalue weighted by Gasteiger charge is 2.24. The predicted octanol–water partition coefficient (Wildman–Crippen LogP) is 3.15. The van der Waals surface area contributed by atoms with Gasteiger partial charge in [0.25, 0.3) is 5.91 Å². The topological polar surface area (TPSA) is 73.9 Å². The normalized spacial score (nSPS) is 16.8. The fraction of sp³-hybridized carbons (Fsp3) is 0.250. The Morgan fingerprint density at radius 2 is 1.96 bits per heavy atom. The number of hydrogen-bond acceptors (Lipinski definition) is 4. The minimum absolute atomic E-state index is 0.101. The van der Waals surface area contributed by atoms with Crippen LogP contribution in [0, 0.1) is 11.6 Å². The van der Waals surface area contributed by atoms with Gasteiger partial charge in [0.1, 0.15) is 0 Å². The quantitative estimate of drug-likeness (QED) is 0.726. The monoisotopic (exact) mass is 383 g/mol. The zero-order valence-electron chi connectivity index (χ0n) is 15.0. The number of pyridine rings is 1. The van der Waals surface area contributed by atoms with Gasteiger partial charge in [0.05, 0.1) is 5.69 Å². The van der Waals surface area contributed by atoms with Crippen molar-refractivity contribution in [3.8, 4) is 11.3 Å². The zero-order chi connectivity index (χ0) is 19.5. The molecule has 0 aliphatic carbocycles. The zero-order valence-corrected chi connectivity index (χ0v) is 15.0. The Hall–Kier alpha value is -3.29. The molecule has 2 aromatic heterocycles. The number of rotatable bonds is 4. The summed E-state index contributed by atoms with van der Waals surface area (Å²) in [7, 11) is 0. The van der Waals surface area contributed by atoms with Crippen molar-refractivity contribution in [3.63, 3.8) is 0 Å². The third-order valence-electron chi connectivity index (χ3n) is 4.82. The fourth-order valence-electron chi connectivity index (χ4n) is 3.36. The average Bonchev–Trinajstić information content (AvgIpc) is 3.21. The number of nitrogens with zero attached hydrogens (tertiary/aromatic N) is 3. The molecular formula is C20H19F2N5O. The maximum absolute atomic E-state index is 13.4. The van der Waals surface area contributed by atoms with Gasteiger partial charge in [0.2, 0.25) is 0 Å². The van der Waals surface area contributed by atoms with Crippen molar-refractivity contribution in [2.45, 2.75) is 18.9 Å². The summed E-state index contributed by atoms with van der Waals surface area (Å²) < 4.78 is 26.4. The molecule has 0 radical (unpaired) electrons. The number of benzene rings is 1. The molecule has 1 aliphatic heterocycles. The number of halogens is 2. The first-order chi connectivity index (χ1) is 13.6. The predicted molar refractivity (Wildman–Crippen MR) is 101 cm³/mol. The van der Waals surface area contributed by atoms with Crippen molar-refractivity contribution in [1.29, 1.82) is 0 Å². The molecule has 2 N–H and O–H groups in total. The van der Waals surface area contributed by atoms with Gasteiger partial charge < -0.3 is 10.2 Å². The van der Waals surface area contributed by atoms with Crippen molar-refractivity contribution in [1.82, 2.24) is 20.5 Å². The van der Waals surface area contributed by atoms with E-state index in [4.69, 9.17) is 0 Å². The smallest absolute Gasteiger partial charge is 0.251 e. The van der Waals surface area contributed by atoms with Crippen LogP contribution in [0.5, 0.6) is 0 Å². The second-order valence-electron chi connectivity index (χ2n) is 6.76. The minimum atomic E-state index is -1.03. The summed E-state index contributed by atoms with van der Waals surface area (Å²) in [5.74, 6) is -1.61. The molecule has 0 saturated carbocycles. The van der Waals surface area contributed by atoms with E-state index in [1.54, 1.807) is 12.4 Å². The molecule has 0 unspecified atom stereocenters. The van der Waals surface area contributed by atoms with E-state index in [1.165, 1.54) is 6.07 Å². The number of hydrogen-bond donors (Lipinski definition) is 2. The summed E-state index contributed by atoms with van der Waals surface area (Å²) in [5.41, 5.74) is 2.00. The van der Waals surface area contributed by atoms with E-state index in [0.717, 1.165) is 48.6 Å². The number of carbonyl (C=O) groups excluding carboxylic acids is 1. The SMILES string of the molecule is O=C(N[C@H]1CCCN(c2cc(-c3ccncc3)[nH]n2)C1)c1ccc(F)c(F)c1. The van der Waals surface area contributed by atoms with Crippen LogP contribution in [0.4, 0.5) is 14.6 Å². The second-order valence-corrected chi connectivity index (χ2v) is 6.76. The van der Waals surface area contributed by atoms with Crippen molar-refractivity contribution in [2.75, 3.05) is 18.0 Å². The first-order valence-electron chi connectivity index (χ1n) is 9.07. The van der Waals surface area contributed by atoms with E-state index in [2.05, 4.69) is 25.4 Å². The lowest BCUT2D eigenvalue weighted by Crippen LogP contribution is -2.48. The molecule has 3 heterocycles. The summed E-state index contributed by atoms with van der Waals surface area (Å²) >= 11 is 0. The van der Waals surface area contributed by atoms with E-state index in [0.29, 0.717) is 6.54 Å². The molecule has 1 aromatic carbocycles. The summed E-state index contributed by atoms with van der Waals surface area (Å²) in [6.45, 7) is 1.42. The summed E-state index contributed by atoms with van der Waals surface area (Å²) in [6, 6.07) is 8.83. The maximum atomic E-state index is 13.4. The first kappa shape index (κ1) is 18.1. The molecule has 1 fully saturated rings. The molecule has 1 saturated heterocycles. The van der Waals surface area contributed by atoms with Crippen LogP contribution >= 0.6 is 0 Å². The van der Waals surface area contributed by atoms with Gasteiger partial charge >= 0.3 is 0 Å². The molecule has 3 aromatic rings. The van der Waals surface area contributed by atoms with Gasteiger partial charge in [0, 0.05) is 48.7 Å². The molecule has 1 atom stereocenters. The highest BCUT2D eigenvalue weighted by Crippen LogP contribution is 2.24. The van der Waals surface area contributed by atoms with Crippen molar-refractivity contribution in [3.05, 3.63) is 66.0 Å². The Labute approximate surface area is 160 Å². The van der Waals surface area contributed by atoms with Gasteiger partial charge in [-0.25, -0.2) is 8.78 Å². The second kappa shape index (κ2) is 7.75. The van der Waals surface area contributed by atoms with Crippen molar-refractivity contribution < 1.29 is 13.6 Å². The van der Waals surface area contributed by atoms with Crippen LogP contribution in [0.15, 0.2) is 48.8 Å². The fourth-order valence-corrected chi connectivity index (χ4v) is 3.36. The van der Waals surface area contributed by atoms with E-state index in [-0.39, 0.29) is 11.6 Å². The molecule has 8 heteroatoms. The molecule has 28 heavy (non-hydrogen) atoms. The van der Waals surface area contributed by atoms with Gasteiger partial charge in [0.15, 0.2) is 17.5 Å². The van der Waals surface area contributed by atoms with Crippen molar-refractivity contribution in [2.24, 2.45) is 0 Å². The Bertz CT molecular complexity index is 976. The molecular weight excluding hydrogens is 364 g/mol. The molecule has 0 bridgehead atoms. The van der Waals surface area contributed by atoms with Crippen molar-refractivity contribution >= 4 is 11.7 Å². The standard InChI is InChI=1S/C20H19F2N5O/c21-16-4-3-14(10-17(16)22)20(28)24-15-2-1-9-27(12-15)19-11-18(25-26-19)13-5-7-23-8-6-13/h3-8,10-11,15H,1-2,9,12H2,(H,24,28)(H,25,26)/t15-/m0/s1. The third kappa shape index (κ3) is 3.85. The van der Waals surface area contributed by atoms with E-state index < -0.39 is 17.5 Å². The number of aromatic amines is 1.